The number of carbonyl (C=O) groups is 2. The number of nitrogens with one attached hydrogen (secondary N) is 2. The van der Waals surface area contributed by atoms with Gasteiger partial charge >= 0.3 is 0 Å². The van der Waals surface area contributed by atoms with Gasteiger partial charge in [-0.3, -0.25) is 9.59 Å². The Labute approximate surface area is 236 Å². The normalized spacial score (nSPS) is 38.6. The molecule has 8 aliphatic rings. The summed E-state index contributed by atoms with van der Waals surface area (Å²) in [7, 11) is 0. The van der Waals surface area contributed by atoms with E-state index < -0.39 is 0 Å². The topological polar surface area (TPSA) is 82.9 Å². The van der Waals surface area contributed by atoms with Crippen LogP contribution in [-0.4, -0.2) is 11.8 Å². The predicted molar refractivity (Wildman–Crippen MR) is 156 cm³/mol. The van der Waals surface area contributed by atoms with Crippen LogP contribution < -0.4 is 10.6 Å². The van der Waals surface area contributed by atoms with E-state index in [0.29, 0.717) is 46.9 Å². The molecular weight excluding hydrogens is 496 g/mol. The number of hydrogen-bond donors (Lipinski definition) is 2. The quantitative estimate of drug-likeness (QED) is 0.363. The number of nitrogens with zero attached hydrogens (tertiary/aromatic N) is 2. The van der Waals surface area contributed by atoms with Crippen LogP contribution in [-0.2, 0) is 9.59 Å². The molecule has 2 N–H and O–H groups in total. The molecule has 2 amide bonds. The van der Waals surface area contributed by atoms with Crippen LogP contribution in [0.25, 0.3) is 0 Å². The van der Waals surface area contributed by atoms with Crippen LogP contribution in [0.3, 0.4) is 0 Å². The Kier molecular flexibility index (Phi) is 5.72. The lowest BCUT2D eigenvalue weighted by atomic mass is 9.49. The van der Waals surface area contributed by atoms with Gasteiger partial charge in [0.2, 0.25) is 11.8 Å². The number of benzene rings is 2. The van der Waals surface area contributed by atoms with E-state index in [0.717, 1.165) is 49.9 Å². The monoisotopic (exact) mass is 536 g/mol. The summed E-state index contributed by atoms with van der Waals surface area (Å²) in [5.41, 5.74) is 2.28. The molecule has 6 nitrogen and oxygen atoms in total. The van der Waals surface area contributed by atoms with Crippen molar-refractivity contribution in [2.24, 2.45) is 56.6 Å². The molecule has 0 atom stereocenters. The first-order valence-electron chi connectivity index (χ1n) is 15.7. The van der Waals surface area contributed by atoms with Gasteiger partial charge in [0.15, 0.2) is 0 Å². The molecule has 0 spiro atoms. The minimum Gasteiger partial charge on any atom is -0.326 e. The molecule has 2 aromatic carbocycles. The zero-order valence-corrected chi connectivity index (χ0v) is 23.3. The van der Waals surface area contributed by atoms with E-state index in [2.05, 4.69) is 20.9 Å². The van der Waals surface area contributed by atoms with Crippen molar-refractivity contribution in [2.45, 2.75) is 77.0 Å². The first kappa shape index (κ1) is 24.8. The van der Waals surface area contributed by atoms with E-state index >= 15 is 0 Å². The van der Waals surface area contributed by atoms with E-state index in [1.807, 2.05) is 48.5 Å². The van der Waals surface area contributed by atoms with Gasteiger partial charge in [0.05, 0.1) is 22.2 Å². The first-order chi connectivity index (χ1) is 19.4. The van der Waals surface area contributed by atoms with Crippen molar-refractivity contribution in [2.75, 3.05) is 10.6 Å². The SMILES string of the molecule is O=C(Nc1ccc(N=Nc2ccccc2)c(NC(=O)C23CC4CC(CC(C4)C2)C3)c1)C12CC3CC(CC(C3)C1)C2. The third kappa shape index (κ3) is 4.29. The Balaban J connectivity index is 1.07. The van der Waals surface area contributed by atoms with Gasteiger partial charge in [0.1, 0.15) is 5.69 Å². The smallest absolute Gasteiger partial charge is 0.230 e. The average Bonchev–Trinajstić information content (AvgIpc) is 2.92. The molecule has 8 aliphatic carbocycles. The van der Waals surface area contributed by atoms with Gasteiger partial charge in [-0.05, 0) is 143 Å². The Morgan fingerprint density at radius 3 is 1.57 bits per heavy atom. The molecule has 0 aromatic heterocycles. The molecule has 0 aliphatic heterocycles. The summed E-state index contributed by atoms with van der Waals surface area (Å²) < 4.78 is 0. The summed E-state index contributed by atoms with van der Waals surface area (Å²) in [6.45, 7) is 0. The molecule has 8 saturated carbocycles. The number of carbonyl (C=O) groups excluding carboxylic acids is 2. The molecule has 10 rings (SSSR count). The fourth-order valence-corrected chi connectivity index (χ4v) is 10.7. The lowest BCUT2D eigenvalue weighted by molar-refractivity contribution is -0.140. The van der Waals surface area contributed by atoms with Crippen LogP contribution in [0.2, 0.25) is 0 Å². The van der Waals surface area contributed by atoms with Crippen molar-refractivity contribution < 1.29 is 9.59 Å². The Morgan fingerprint density at radius 1 is 0.600 bits per heavy atom. The lowest BCUT2D eigenvalue weighted by Gasteiger charge is -2.55. The molecule has 0 radical (unpaired) electrons. The summed E-state index contributed by atoms with van der Waals surface area (Å²) in [5, 5.41) is 15.6. The van der Waals surface area contributed by atoms with Gasteiger partial charge in [0.25, 0.3) is 0 Å². The molecule has 208 valence electrons. The second kappa shape index (κ2) is 9.25. The third-order valence-corrected chi connectivity index (χ3v) is 11.6. The molecule has 0 saturated heterocycles. The van der Waals surface area contributed by atoms with Gasteiger partial charge in [-0.15, -0.1) is 5.11 Å². The van der Waals surface area contributed by atoms with Crippen LogP contribution in [0.4, 0.5) is 22.7 Å². The van der Waals surface area contributed by atoms with Crippen molar-refractivity contribution >= 4 is 34.6 Å². The maximum atomic E-state index is 14.0. The fourth-order valence-electron chi connectivity index (χ4n) is 10.7. The molecule has 0 unspecified atom stereocenters. The number of azo groups is 1. The zero-order chi connectivity index (χ0) is 26.9. The van der Waals surface area contributed by atoms with Crippen molar-refractivity contribution in [3.63, 3.8) is 0 Å². The molecule has 8 bridgehead atoms. The molecular formula is C34H40N4O2. The lowest BCUT2D eigenvalue weighted by Crippen LogP contribution is -2.52. The summed E-state index contributed by atoms with van der Waals surface area (Å²) in [5.74, 6) is 4.53. The Morgan fingerprint density at radius 2 is 1.07 bits per heavy atom. The maximum Gasteiger partial charge on any atom is 0.230 e. The minimum atomic E-state index is -0.263. The van der Waals surface area contributed by atoms with E-state index in [-0.39, 0.29) is 22.6 Å². The number of hydrogen-bond acceptors (Lipinski definition) is 4. The van der Waals surface area contributed by atoms with Crippen molar-refractivity contribution in [3.05, 3.63) is 48.5 Å². The fraction of sp³-hybridized carbons (Fsp3) is 0.588. The van der Waals surface area contributed by atoms with Crippen LogP contribution >= 0.6 is 0 Å². The minimum absolute atomic E-state index is 0.132. The van der Waals surface area contributed by atoms with E-state index in [1.165, 1.54) is 38.5 Å². The van der Waals surface area contributed by atoms with Gasteiger partial charge in [-0.25, -0.2) is 0 Å². The average molecular weight is 537 g/mol. The largest absolute Gasteiger partial charge is 0.326 e. The van der Waals surface area contributed by atoms with Gasteiger partial charge in [-0.2, -0.15) is 5.11 Å². The highest BCUT2D eigenvalue weighted by molar-refractivity contribution is 6.00. The Bertz CT molecular complexity index is 1290. The third-order valence-electron chi connectivity index (χ3n) is 11.6. The molecule has 0 heterocycles. The molecule has 6 heteroatoms. The van der Waals surface area contributed by atoms with Crippen molar-refractivity contribution in [1.29, 1.82) is 0 Å². The second-order valence-electron chi connectivity index (χ2n) is 14.6. The van der Waals surface area contributed by atoms with Gasteiger partial charge in [0, 0.05) is 5.69 Å². The van der Waals surface area contributed by atoms with Crippen molar-refractivity contribution in [1.82, 2.24) is 0 Å². The van der Waals surface area contributed by atoms with E-state index in [1.54, 1.807) is 0 Å². The predicted octanol–water partition coefficient (Wildman–Crippen LogP) is 8.41. The number of anilines is 2. The van der Waals surface area contributed by atoms with Crippen LogP contribution in [0.1, 0.15) is 77.0 Å². The van der Waals surface area contributed by atoms with E-state index in [4.69, 9.17) is 0 Å². The maximum absolute atomic E-state index is 14.0. The van der Waals surface area contributed by atoms with Crippen LogP contribution in [0.15, 0.2) is 58.8 Å². The first-order valence-corrected chi connectivity index (χ1v) is 15.7. The highest BCUT2D eigenvalue weighted by atomic mass is 16.2. The standard InChI is InChI=1S/C34H40N4O2/c39-31(33-15-21-8-22(16-33)10-23(9-21)17-33)35-28-6-7-29(38-37-27-4-2-1-3-5-27)30(14-28)36-32(40)34-18-24-11-25(19-34)13-26(12-24)20-34/h1-7,14,21-26H,8-13,15-20H2,(H,35,39)(H,36,40). The zero-order valence-electron chi connectivity index (χ0n) is 23.3. The molecule has 8 fully saturated rings. The second-order valence-corrected chi connectivity index (χ2v) is 14.6. The van der Waals surface area contributed by atoms with Crippen molar-refractivity contribution in [3.8, 4) is 0 Å². The molecule has 2 aromatic rings. The molecule has 40 heavy (non-hydrogen) atoms. The summed E-state index contributed by atoms with van der Waals surface area (Å²) in [4.78, 5) is 27.8. The summed E-state index contributed by atoms with van der Waals surface area (Å²) in [6.07, 6.45) is 14.0. The number of rotatable bonds is 6. The highest BCUT2D eigenvalue weighted by Gasteiger charge is 2.56. The number of amides is 2. The highest BCUT2D eigenvalue weighted by Crippen LogP contribution is 2.61. The Hall–Kier alpha value is -3.02. The van der Waals surface area contributed by atoms with Gasteiger partial charge in [-0.1, -0.05) is 18.2 Å². The summed E-state index contributed by atoms with van der Waals surface area (Å²) in [6, 6.07) is 15.4. The van der Waals surface area contributed by atoms with E-state index in [9.17, 15) is 9.59 Å². The van der Waals surface area contributed by atoms with Gasteiger partial charge < -0.3 is 10.6 Å². The van der Waals surface area contributed by atoms with Crippen LogP contribution in [0, 0.1) is 46.3 Å². The van der Waals surface area contributed by atoms with Crippen LogP contribution in [0.5, 0.6) is 0 Å². The summed E-state index contributed by atoms with van der Waals surface area (Å²) >= 11 is 0.